The van der Waals surface area contributed by atoms with Gasteiger partial charge in [0, 0.05) is 60.9 Å². The summed E-state index contributed by atoms with van der Waals surface area (Å²) in [6, 6.07) is 7.66. The van der Waals surface area contributed by atoms with E-state index in [0.29, 0.717) is 18.0 Å². The van der Waals surface area contributed by atoms with Crippen molar-refractivity contribution in [3.63, 3.8) is 0 Å². The van der Waals surface area contributed by atoms with Crippen molar-refractivity contribution >= 4 is 15.9 Å². The van der Waals surface area contributed by atoms with E-state index in [2.05, 4.69) is 54.1 Å². The van der Waals surface area contributed by atoms with Gasteiger partial charge in [-0.15, -0.1) is 0 Å². The Morgan fingerprint density at radius 2 is 1.96 bits per heavy atom. The molecular weight excluding hydrogens is 368 g/mol. The molecule has 0 N–H and O–H groups in total. The predicted molar refractivity (Wildman–Crippen MR) is 93.4 cm³/mol. The molecule has 2 bridgehead atoms. The third-order valence-electron chi connectivity index (χ3n) is 5.50. The van der Waals surface area contributed by atoms with Gasteiger partial charge in [0.05, 0.1) is 11.4 Å². The molecule has 3 aliphatic heterocycles. The second-order valence-corrected chi connectivity index (χ2v) is 8.29. The molecule has 0 radical (unpaired) electrons. The Balaban J connectivity index is 1.18. The fourth-order valence-electron chi connectivity index (χ4n) is 4.04. The summed E-state index contributed by atoms with van der Waals surface area (Å²) in [6.07, 6.45) is 5.73. The summed E-state index contributed by atoms with van der Waals surface area (Å²) in [4.78, 5) is 9.63. The number of hydrogen-bond donors (Lipinski definition) is 0. The molecule has 5 heterocycles. The molecule has 0 spiro atoms. The van der Waals surface area contributed by atoms with Gasteiger partial charge >= 0.3 is 0 Å². The zero-order chi connectivity index (χ0) is 16.1. The van der Waals surface area contributed by atoms with Crippen LogP contribution < -0.4 is 0 Å². The largest absolute Gasteiger partial charge is 0.361 e. The van der Waals surface area contributed by atoms with Crippen LogP contribution in [0.25, 0.3) is 0 Å². The molecule has 6 rings (SSSR count). The lowest BCUT2D eigenvalue weighted by Crippen LogP contribution is -2.67. The molecule has 6 heteroatoms. The minimum atomic E-state index is 0.649. The first kappa shape index (κ1) is 15.0. The molecule has 2 aromatic rings. The van der Waals surface area contributed by atoms with Crippen molar-refractivity contribution in [2.75, 3.05) is 13.1 Å². The highest BCUT2D eigenvalue weighted by Crippen LogP contribution is 2.41. The van der Waals surface area contributed by atoms with E-state index in [9.17, 15) is 0 Å². The van der Waals surface area contributed by atoms with E-state index in [-0.39, 0.29) is 0 Å². The van der Waals surface area contributed by atoms with Crippen molar-refractivity contribution in [3.8, 4) is 0 Å². The second kappa shape index (κ2) is 5.93. The zero-order valence-corrected chi connectivity index (χ0v) is 15.2. The number of piperazine rings is 1. The van der Waals surface area contributed by atoms with Gasteiger partial charge in [0.15, 0.2) is 0 Å². The van der Waals surface area contributed by atoms with Gasteiger partial charge < -0.3 is 4.52 Å². The maximum atomic E-state index is 5.49. The van der Waals surface area contributed by atoms with Crippen LogP contribution in [-0.2, 0) is 13.1 Å². The van der Waals surface area contributed by atoms with Gasteiger partial charge in [-0.3, -0.25) is 14.8 Å². The lowest BCUT2D eigenvalue weighted by atomic mass is 9.87. The van der Waals surface area contributed by atoms with E-state index in [1.165, 1.54) is 19.3 Å². The molecule has 1 aliphatic carbocycles. The van der Waals surface area contributed by atoms with E-state index in [4.69, 9.17) is 4.52 Å². The highest BCUT2D eigenvalue weighted by molar-refractivity contribution is 9.10. The average molecular weight is 389 g/mol. The standard InChI is InChI=1S/C18H21BrN4O/c19-13-3-4-14(20-7-13)8-22-10-16-6-17(11-22)23(16)9-15-5-18(24-21-15)12-1-2-12/h3-5,7,12,16-17H,1-2,6,8-11H2. The van der Waals surface area contributed by atoms with Crippen molar-refractivity contribution < 1.29 is 4.52 Å². The summed E-state index contributed by atoms with van der Waals surface area (Å²) in [5, 5.41) is 4.28. The molecule has 0 aromatic carbocycles. The monoisotopic (exact) mass is 388 g/mol. The lowest BCUT2D eigenvalue weighted by Gasteiger charge is -2.56. The third kappa shape index (κ3) is 2.91. The number of nitrogens with zero attached hydrogens (tertiary/aromatic N) is 4. The number of fused-ring (bicyclic) bond motifs is 2. The lowest BCUT2D eigenvalue weighted by molar-refractivity contribution is -0.0787. The average Bonchev–Trinajstić information content (AvgIpc) is 3.34. The van der Waals surface area contributed by atoms with Gasteiger partial charge in [0.1, 0.15) is 5.76 Å². The minimum absolute atomic E-state index is 0.649. The number of hydrogen-bond acceptors (Lipinski definition) is 5. The highest BCUT2D eigenvalue weighted by atomic mass is 79.9. The van der Waals surface area contributed by atoms with Crippen LogP contribution in [0.5, 0.6) is 0 Å². The summed E-state index contributed by atoms with van der Waals surface area (Å²) >= 11 is 3.44. The van der Waals surface area contributed by atoms with Gasteiger partial charge in [-0.2, -0.15) is 0 Å². The van der Waals surface area contributed by atoms with Crippen LogP contribution in [0, 0.1) is 0 Å². The number of pyridine rings is 1. The van der Waals surface area contributed by atoms with E-state index in [0.717, 1.165) is 47.8 Å². The van der Waals surface area contributed by atoms with Crippen molar-refractivity contribution in [1.82, 2.24) is 19.9 Å². The molecule has 3 saturated heterocycles. The molecule has 2 unspecified atom stereocenters. The van der Waals surface area contributed by atoms with Crippen LogP contribution in [0.2, 0.25) is 0 Å². The number of halogens is 1. The molecule has 2 atom stereocenters. The van der Waals surface area contributed by atoms with Gasteiger partial charge in [-0.1, -0.05) is 5.16 Å². The topological polar surface area (TPSA) is 45.4 Å². The first-order valence-corrected chi connectivity index (χ1v) is 9.58. The van der Waals surface area contributed by atoms with Crippen LogP contribution in [0.4, 0.5) is 0 Å². The van der Waals surface area contributed by atoms with Crippen molar-refractivity contribution in [1.29, 1.82) is 0 Å². The van der Waals surface area contributed by atoms with Crippen LogP contribution in [0.3, 0.4) is 0 Å². The Labute approximate surface area is 150 Å². The molecule has 2 aromatic heterocycles. The fourth-order valence-corrected chi connectivity index (χ4v) is 4.28. The zero-order valence-electron chi connectivity index (χ0n) is 13.6. The summed E-state index contributed by atoms with van der Waals surface area (Å²) in [6.45, 7) is 4.14. The van der Waals surface area contributed by atoms with E-state index in [1.54, 1.807) is 0 Å². The van der Waals surface area contributed by atoms with Crippen LogP contribution >= 0.6 is 15.9 Å². The minimum Gasteiger partial charge on any atom is -0.361 e. The Bertz CT molecular complexity index is 715. The molecule has 24 heavy (non-hydrogen) atoms. The van der Waals surface area contributed by atoms with Gasteiger partial charge in [-0.25, -0.2) is 0 Å². The van der Waals surface area contributed by atoms with Crippen molar-refractivity contribution in [3.05, 3.63) is 46.0 Å². The Hall–Kier alpha value is -1.24. The first-order chi connectivity index (χ1) is 11.7. The molecule has 4 fully saturated rings. The molecule has 1 saturated carbocycles. The predicted octanol–water partition coefficient (Wildman–Crippen LogP) is 3.17. The van der Waals surface area contributed by atoms with Crippen LogP contribution in [0.15, 0.2) is 33.4 Å². The first-order valence-electron chi connectivity index (χ1n) is 8.78. The molecule has 126 valence electrons. The number of piperidine rings is 1. The molecule has 5 nitrogen and oxygen atoms in total. The Morgan fingerprint density at radius 3 is 2.67 bits per heavy atom. The van der Waals surface area contributed by atoms with Crippen LogP contribution in [0.1, 0.15) is 42.3 Å². The van der Waals surface area contributed by atoms with Gasteiger partial charge in [0.2, 0.25) is 0 Å². The number of aromatic nitrogens is 2. The summed E-state index contributed by atoms with van der Waals surface area (Å²) in [5.41, 5.74) is 2.26. The van der Waals surface area contributed by atoms with Crippen molar-refractivity contribution in [2.24, 2.45) is 0 Å². The van der Waals surface area contributed by atoms with Crippen molar-refractivity contribution in [2.45, 2.75) is 50.4 Å². The van der Waals surface area contributed by atoms with E-state index >= 15 is 0 Å². The molecule has 4 aliphatic rings. The van der Waals surface area contributed by atoms with Gasteiger partial charge in [-0.05, 0) is 47.3 Å². The maximum Gasteiger partial charge on any atom is 0.140 e. The second-order valence-electron chi connectivity index (χ2n) is 7.37. The number of rotatable bonds is 5. The SMILES string of the molecule is Brc1ccc(CN2CC3CC(C2)N3Cc2cc(C3CC3)on2)nc1. The van der Waals surface area contributed by atoms with Crippen LogP contribution in [-0.4, -0.2) is 45.1 Å². The maximum absolute atomic E-state index is 5.49. The quantitative estimate of drug-likeness (QED) is 0.786. The highest BCUT2D eigenvalue weighted by Gasteiger charge is 2.44. The normalized spacial score (nSPS) is 27.2. The molecular formula is C18H21BrN4O. The fraction of sp³-hybridized carbons (Fsp3) is 0.556. The smallest absolute Gasteiger partial charge is 0.140 e. The molecule has 0 amide bonds. The summed E-state index contributed by atoms with van der Waals surface area (Å²) in [7, 11) is 0. The van der Waals surface area contributed by atoms with E-state index < -0.39 is 0 Å². The third-order valence-corrected chi connectivity index (χ3v) is 5.96. The summed E-state index contributed by atoms with van der Waals surface area (Å²) in [5.74, 6) is 1.75. The Morgan fingerprint density at radius 1 is 1.12 bits per heavy atom. The summed E-state index contributed by atoms with van der Waals surface area (Å²) < 4.78 is 6.53. The van der Waals surface area contributed by atoms with E-state index in [1.807, 2.05) is 6.20 Å². The van der Waals surface area contributed by atoms with Gasteiger partial charge in [0.25, 0.3) is 0 Å². The Kier molecular flexibility index (Phi) is 3.72.